The van der Waals surface area contributed by atoms with Gasteiger partial charge in [-0.25, -0.2) is 4.39 Å². The molecule has 5 nitrogen and oxygen atoms in total. The third kappa shape index (κ3) is 3.22. The molecule has 0 heterocycles. The van der Waals surface area contributed by atoms with E-state index in [9.17, 15) is 19.3 Å². The molecule has 0 spiro atoms. The monoisotopic (exact) mass is 289 g/mol. The van der Waals surface area contributed by atoms with Gasteiger partial charge in [0.05, 0.1) is 12.0 Å². The van der Waals surface area contributed by atoms with Gasteiger partial charge in [-0.15, -0.1) is 0 Å². The van der Waals surface area contributed by atoms with Crippen molar-refractivity contribution in [3.05, 3.63) is 69.5 Å². The number of ketones is 1. The topological polar surface area (TPSA) is 69.4 Å². The number of carbonyl (C=O) groups excluding carboxylic acids is 1. The molecule has 0 bridgehead atoms. The lowest BCUT2D eigenvalue weighted by Gasteiger charge is -2.06. The summed E-state index contributed by atoms with van der Waals surface area (Å²) in [7, 11) is 1.30. The molecule has 21 heavy (non-hydrogen) atoms. The molecule has 0 aliphatic rings. The van der Waals surface area contributed by atoms with E-state index >= 15 is 0 Å². The maximum atomic E-state index is 13.3. The number of carbonyl (C=O) groups is 1. The molecule has 2 aromatic carbocycles. The number of nitro groups is 1. The molecule has 2 aromatic rings. The van der Waals surface area contributed by atoms with Crippen molar-refractivity contribution in [2.24, 2.45) is 0 Å². The second kappa shape index (κ2) is 6.13. The molecule has 6 heteroatoms. The fourth-order valence-corrected chi connectivity index (χ4v) is 1.95. The summed E-state index contributed by atoms with van der Waals surface area (Å²) in [5.41, 5.74) is 0.446. The zero-order valence-corrected chi connectivity index (χ0v) is 11.2. The Kier molecular flexibility index (Phi) is 4.27. The second-order valence-corrected chi connectivity index (χ2v) is 4.34. The number of methoxy groups -OCH3 is 1. The highest BCUT2D eigenvalue weighted by Gasteiger charge is 2.17. The summed E-state index contributed by atoms with van der Waals surface area (Å²) in [6, 6.07) is 9.77. The molecule has 108 valence electrons. The quantitative estimate of drug-likeness (QED) is 0.481. The standard InChI is InChI=1S/C15H12FNO4/c1-21-15-9-11(6-7-12(15)16)14(18)8-10-4-2-3-5-13(10)17(19)20/h2-7,9H,8H2,1H3. The maximum absolute atomic E-state index is 13.3. The first-order valence-electron chi connectivity index (χ1n) is 6.12. The molecule has 0 saturated heterocycles. The Labute approximate surface area is 120 Å². The summed E-state index contributed by atoms with van der Waals surface area (Å²) in [5, 5.41) is 10.9. The van der Waals surface area contributed by atoms with Crippen LogP contribution in [0.5, 0.6) is 5.75 Å². The summed E-state index contributed by atoms with van der Waals surface area (Å²) in [6.07, 6.45) is -0.133. The van der Waals surface area contributed by atoms with Crippen LogP contribution in [0.25, 0.3) is 0 Å². The maximum Gasteiger partial charge on any atom is 0.273 e. The van der Waals surface area contributed by atoms with Crippen LogP contribution in [0.2, 0.25) is 0 Å². The number of halogens is 1. The molecule has 0 radical (unpaired) electrons. The van der Waals surface area contributed by atoms with Crippen LogP contribution in [-0.2, 0) is 6.42 Å². The highest BCUT2D eigenvalue weighted by Crippen LogP contribution is 2.22. The van der Waals surface area contributed by atoms with Crippen molar-refractivity contribution in [2.75, 3.05) is 7.11 Å². The van der Waals surface area contributed by atoms with Crippen molar-refractivity contribution in [1.82, 2.24) is 0 Å². The number of benzene rings is 2. The van der Waals surface area contributed by atoms with Crippen LogP contribution >= 0.6 is 0 Å². The van der Waals surface area contributed by atoms with Gasteiger partial charge >= 0.3 is 0 Å². The summed E-state index contributed by atoms with van der Waals surface area (Å²) < 4.78 is 18.1. The van der Waals surface area contributed by atoms with Crippen molar-refractivity contribution in [3.8, 4) is 5.75 Å². The van der Waals surface area contributed by atoms with E-state index in [4.69, 9.17) is 4.74 Å². The van der Waals surface area contributed by atoms with E-state index in [1.165, 1.54) is 37.4 Å². The number of hydrogen-bond donors (Lipinski definition) is 0. The minimum absolute atomic E-state index is 0.0385. The van der Waals surface area contributed by atoms with Crippen molar-refractivity contribution in [3.63, 3.8) is 0 Å². The summed E-state index contributed by atoms with van der Waals surface area (Å²) in [4.78, 5) is 22.5. The second-order valence-electron chi connectivity index (χ2n) is 4.34. The molecule has 0 unspecified atom stereocenters. The van der Waals surface area contributed by atoms with E-state index < -0.39 is 10.7 Å². The molecule has 0 fully saturated rings. The highest BCUT2D eigenvalue weighted by molar-refractivity contribution is 5.98. The van der Waals surface area contributed by atoms with E-state index in [1.54, 1.807) is 6.07 Å². The van der Waals surface area contributed by atoms with E-state index in [1.807, 2.05) is 0 Å². The van der Waals surface area contributed by atoms with Gasteiger partial charge in [-0.05, 0) is 18.2 Å². The first kappa shape index (κ1) is 14.6. The third-order valence-corrected chi connectivity index (χ3v) is 3.01. The Hall–Kier alpha value is -2.76. The Morgan fingerprint density at radius 3 is 2.67 bits per heavy atom. The lowest BCUT2D eigenvalue weighted by Crippen LogP contribution is -2.06. The molecule has 0 saturated carbocycles. The number of para-hydroxylation sites is 1. The first-order valence-corrected chi connectivity index (χ1v) is 6.12. The van der Waals surface area contributed by atoms with Gasteiger partial charge in [-0.1, -0.05) is 18.2 Å². The number of ether oxygens (including phenoxy) is 1. The van der Waals surface area contributed by atoms with E-state index in [-0.39, 0.29) is 29.2 Å². The largest absolute Gasteiger partial charge is 0.494 e. The predicted octanol–water partition coefficient (Wildman–Crippen LogP) is 3.17. The van der Waals surface area contributed by atoms with Crippen LogP contribution in [0.3, 0.4) is 0 Å². The molecule has 0 aromatic heterocycles. The minimum atomic E-state index is -0.570. The van der Waals surface area contributed by atoms with E-state index in [0.717, 1.165) is 6.07 Å². The van der Waals surface area contributed by atoms with Gasteiger partial charge in [0.1, 0.15) is 0 Å². The fourth-order valence-electron chi connectivity index (χ4n) is 1.95. The fraction of sp³-hybridized carbons (Fsp3) is 0.133. The number of rotatable bonds is 5. The third-order valence-electron chi connectivity index (χ3n) is 3.01. The van der Waals surface area contributed by atoms with Crippen molar-refractivity contribution in [2.45, 2.75) is 6.42 Å². The van der Waals surface area contributed by atoms with Crippen LogP contribution in [0.15, 0.2) is 42.5 Å². The van der Waals surface area contributed by atoms with Gasteiger partial charge in [0.15, 0.2) is 17.3 Å². The Bertz CT molecular complexity index is 700. The van der Waals surface area contributed by atoms with Crippen LogP contribution in [-0.4, -0.2) is 17.8 Å². The van der Waals surface area contributed by atoms with Gasteiger partial charge in [0.2, 0.25) is 0 Å². The van der Waals surface area contributed by atoms with Crippen LogP contribution in [0.1, 0.15) is 15.9 Å². The average Bonchev–Trinajstić information content (AvgIpc) is 2.48. The van der Waals surface area contributed by atoms with Crippen LogP contribution in [0.4, 0.5) is 10.1 Å². The lowest BCUT2D eigenvalue weighted by atomic mass is 10.0. The Balaban J connectivity index is 2.28. The van der Waals surface area contributed by atoms with Crippen molar-refractivity contribution < 1.29 is 18.8 Å². The van der Waals surface area contributed by atoms with Gasteiger partial charge in [0.25, 0.3) is 5.69 Å². The average molecular weight is 289 g/mol. The van der Waals surface area contributed by atoms with Crippen LogP contribution in [0, 0.1) is 15.9 Å². The van der Waals surface area contributed by atoms with E-state index in [0.29, 0.717) is 5.56 Å². The first-order chi connectivity index (χ1) is 10.0. The van der Waals surface area contributed by atoms with Gasteiger partial charge in [-0.2, -0.15) is 0 Å². The van der Waals surface area contributed by atoms with Gasteiger partial charge in [0, 0.05) is 23.6 Å². The molecule has 0 aliphatic carbocycles. The highest BCUT2D eigenvalue weighted by atomic mass is 19.1. The number of Topliss-reactive ketones (excluding diaryl/α,β-unsaturated/α-hetero) is 1. The number of hydrogen-bond acceptors (Lipinski definition) is 4. The molecule has 0 atom stereocenters. The van der Waals surface area contributed by atoms with Crippen molar-refractivity contribution in [1.29, 1.82) is 0 Å². The summed E-state index contributed by atoms with van der Waals surface area (Å²) in [5.74, 6) is -0.953. The van der Waals surface area contributed by atoms with Gasteiger partial charge < -0.3 is 4.74 Å². The zero-order chi connectivity index (χ0) is 15.4. The zero-order valence-electron chi connectivity index (χ0n) is 11.2. The SMILES string of the molecule is COc1cc(C(=O)Cc2ccccc2[N+](=O)[O-])ccc1F. The molecular formula is C15H12FNO4. The smallest absolute Gasteiger partial charge is 0.273 e. The Morgan fingerprint density at radius 2 is 2.00 bits per heavy atom. The number of nitrogens with zero attached hydrogens (tertiary/aromatic N) is 1. The Morgan fingerprint density at radius 1 is 1.29 bits per heavy atom. The molecule has 0 amide bonds. The van der Waals surface area contributed by atoms with Gasteiger partial charge in [-0.3, -0.25) is 14.9 Å². The predicted molar refractivity (Wildman–Crippen MR) is 74.1 cm³/mol. The van der Waals surface area contributed by atoms with Crippen LogP contribution < -0.4 is 4.74 Å². The lowest BCUT2D eigenvalue weighted by molar-refractivity contribution is -0.385. The molecule has 0 N–H and O–H groups in total. The van der Waals surface area contributed by atoms with E-state index in [2.05, 4.69) is 0 Å². The normalized spacial score (nSPS) is 10.2. The number of nitro benzene ring substituents is 1. The molecule has 2 rings (SSSR count). The summed E-state index contributed by atoms with van der Waals surface area (Å²) in [6.45, 7) is 0. The molecule has 0 aliphatic heterocycles. The summed E-state index contributed by atoms with van der Waals surface area (Å²) >= 11 is 0. The molecular weight excluding hydrogens is 277 g/mol. The van der Waals surface area contributed by atoms with Crippen molar-refractivity contribution >= 4 is 11.5 Å². The minimum Gasteiger partial charge on any atom is -0.494 e.